The standard InChI is InChI=1S/HN3.3N3.H2Te/c4*1-3-2;/h1H;;;;1H2/q;3*-1;. The summed E-state index contributed by atoms with van der Waals surface area (Å²) in [6.07, 6.45) is 0. The van der Waals surface area contributed by atoms with Gasteiger partial charge in [0.1, 0.15) is 0 Å². The van der Waals surface area contributed by atoms with Gasteiger partial charge in [-0.1, -0.05) is 0 Å². The zero-order valence-electron chi connectivity index (χ0n) is 5.92. The molecule has 0 amide bonds. The van der Waals surface area contributed by atoms with Gasteiger partial charge in [0.25, 0.3) is 0 Å². The van der Waals surface area contributed by atoms with Crippen molar-refractivity contribution in [1.82, 2.24) is 0 Å². The van der Waals surface area contributed by atoms with Crippen molar-refractivity contribution < 1.29 is 0 Å². The van der Waals surface area contributed by atoms with Crippen LogP contribution in [0.25, 0.3) is 58.4 Å². The molecule has 0 saturated carbocycles. The van der Waals surface area contributed by atoms with Crippen LogP contribution in [-0.2, 0) is 0 Å². The van der Waals surface area contributed by atoms with Gasteiger partial charge < -0.3 is 33.2 Å². The summed E-state index contributed by atoms with van der Waals surface area (Å²) in [5, 5.41) is 0. The third-order valence-electron chi connectivity index (χ3n) is 0. The fourth-order valence-electron chi connectivity index (χ4n) is 0. The van der Waals surface area contributed by atoms with E-state index in [2.05, 4.69) is 0 Å². The Morgan fingerprint density at radius 2 is 0.615 bits per heavy atom. The molecule has 0 heterocycles. The summed E-state index contributed by atoms with van der Waals surface area (Å²) < 4.78 is 0. The van der Waals surface area contributed by atoms with Gasteiger partial charge in [0.05, 0.1) is 0 Å². The first-order valence-electron chi connectivity index (χ1n) is 1.62. The van der Waals surface area contributed by atoms with Crippen LogP contribution < -0.4 is 0 Å². The zero-order valence-corrected chi connectivity index (χ0v) is 8.77. The first-order valence-corrected chi connectivity index (χ1v) is 1.62. The molecule has 0 unspecified atom stereocenters. The molecule has 0 bridgehead atoms. The summed E-state index contributed by atoms with van der Waals surface area (Å²) in [6.45, 7) is 0. The van der Waals surface area contributed by atoms with E-state index in [1.807, 2.05) is 0 Å². The number of hydrogen-bond donors (Lipinski definition) is 1. The molecule has 0 aromatic carbocycles. The van der Waals surface area contributed by atoms with Crippen molar-refractivity contribution in [1.29, 1.82) is 5.53 Å². The second-order valence-corrected chi connectivity index (χ2v) is 0.368. The minimum atomic E-state index is 0. The Kier molecular flexibility index (Phi) is 466. The zero-order chi connectivity index (χ0) is 10.8. The van der Waals surface area contributed by atoms with Gasteiger partial charge in [0, 0.05) is 0 Å². The van der Waals surface area contributed by atoms with Gasteiger partial charge >= 0.3 is 23.7 Å². The molecule has 0 spiro atoms. The first-order chi connectivity index (χ1) is 5.66. The fourth-order valence-corrected chi connectivity index (χ4v) is 0. The van der Waals surface area contributed by atoms with Crippen molar-refractivity contribution >= 4 is 23.7 Å². The van der Waals surface area contributed by atoms with Crippen molar-refractivity contribution in [3.63, 3.8) is 0 Å². The number of nitrogens with zero attached hydrogens (tertiary/aromatic N) is 11. The van der Waals surface area contributed by atoms with Crippen LogP contribution in [0.5, 0.6) is 0 Å². The summed E-state index contributed by atoms with van der Waals surface area (Å²) >= 11 is 0. The molecule has 0 aromatic heterocycles. The van der Waals surface area contributed by atoms with E-state index < -0.39 is 0 Å². The van der Waals surface area contributed by atoms with E-state index in [1.54, 1.807) is 4.91 Å². The molecule has 0 rings (SSSR count). The van der Waals surface area contributed by atoms with Crippen LogP contribution in [0.15, 0.2) is 0 Å². The predicted octanol–water partition coefficient (Wildman–Crippen LogP) is 2.56. The average Bonchev–Trinajstić information content (AvgIpc) is 1.92. The molecule has 72 valence electrons. The van der Waals surface area contributed by atoms with E-state index in [0.29, 0.717) is 0 Å². The normalized spacial score (nSPS) is 2.46. The van der Waals surface area contributed by atoms with Gasteiger partial charge in [-0.15, -0.1) is 5.53 Å². The van der Waals surface area contributed by atoms with Crippen LogP contribution in [0, 0.1) is 5.53 Å². The summed E-state index contributed by atoms with van der Waals surface area (Å²) in [6, 6.07) is 0. The molecule has 13 heteroatoms. The number of rotatable bonds is 0. The van der Waals surface area contributed by atoms with Crippen LogP contribution in [0.3, 0.4) is 0 Å². The number of nitrogens with one attached hydrogen (secondary N) is 1. The van der Waals surface area contributed by atoms with Gasteiger partial charge in [-0.2, -0.15) is 0 Å². The Bertz CT molecular complexity index is 137. The molecule has 13 heavy (non-hydrogen) atoms. The van der Waals surface area contributed by atoms with Crippen LogP contribution in [0.4, 0.5) is 0 Å². The molecule has 0 aliphatic rings. The van der Waals surface area contributed by atoms with E-state index in [9.17, 15) is 0 Å². The second kappa shape index (κ2) is 199. The third-order valence-corrected chi connectivity index (χ3v) is 0. The van der Waals surface area contributed by atoms with E-state index in [1.165, 1.54) is 14.7 Å². The Balaban J connectivity index is -0.0000000213. The van der Waals surface area contributed by atoms with Crippen LogP contribution in [-0.4, -0.2) is 23.7 Å². The van der Waals surface area contributed by atoms with Crippen LogP contribution in [0.1, 0.15) is 0 Å². The fraction of sp³-hybridized carbons (Fsp3) is 0. The first kappa shape index (κ1) is 30.5. The van der Waals surface area contributed by atoms with Gasteiger partial charge in [-0.3, -0.25) is 14.7 Å². The van der Waals surface area contributed by atoms with Gasteiger partial charge in [0.2, 0.25) is 0 Å². The molecular formula is H3N12Te-3. The quantitative estimate of drug-likeness (QED) is 0.293. The molecule has 0 atom stereocenters. The van der Waals surface area contributed by atoms with Crippen LogP contribution in [0.2, 0.25) is 0 Å². The van der Waals surface area contributed by atoms with Crippen molar-refractivity contribution in [2.24, 2.45) is 0 Å². The molecule has 0 radical (unpaired) electrons. The molecule has 0 fully saturated rings. The maximum atomic E-state index is 6.86. The Labute approximate surface area is 87.9 Å². The molecular weight excluding hydrogens is 296 g/mol. The van der Waals surface area contributed by atoms with Gasteiger partial charge in [-0.25, -0.2) is 0 Å². The minimum absolute atomic E-state index is 0. The molecule has 0 aliphatic heterocycles. The van der Waals surface area contributed by atoms with Gasteiger partial charge in [-0.05, 0) is 10.4 Å². The van der Waals surface area contributed by atoms with Crippen molar-refractivity contribution in [3.05, 3.63) is 58.4 Å². The summed E-state index contributed by atoms with van der Waals surface area (Å²) in [7, 11) is 0. The van der Waals surface area contributed by atoms with E-state index in [4.69, 9.17) is 44.2 Å². The van der Waals surface area contributed by atoms with Gasteiger partial charge in [0.15, 0.2) is 0 Å². The molecule has 0 saturated heterocycles. The van der Waals surface area contributed by atoms with Crippen molar-refractivity contribution in [2.45, 2.75) is 0 Å². The van der Waals surface area contributed by atoms with E-state index >= 15 is 0 Å². The third kappa shape index (κ3) is 167. The molecule has 1 N–H and O–H groups in total. The Morgan fingerprint density at radius 3 is 0.615 bits per heavy atom. The van der Waals surface area contributed by atoms with Crippen molar-refractivity contribution in [3.8, 4) is 0 Å². The topological polar surface area (TPSA) is 236 Å². The van der Waals surface area contributed by atoms with Crippen LogP contribution >= 0.6 is 0 Å². The second-order valence-electron chi connectivity index (χ2n) is 0.368. The summed E-state index contributed by atoms with van der Waals surface area (Å²) in [5.74, 6) is 0. The van der Waals surface area contributed by atoms with E-state index in [-0.39, 0.29) is 23.7 Å². The predicted molar refractivity (Wildman–Crippen MR) is 48.2 cm³/mol. The molecule has 0 aromatic rings. The Morgan fingerprint density at radius 1 is 0.615 bits per heavy atom. The number of hydrogen-bond acceptors (Lipinski definition) is 1. The summed E-state index contributed by atoms with van der Waals surface area (Å²) in [5.41, 5.74) is 52.8. The maximum absolute atomic E-state index is 6.86. The summed E-state index contributed by atoms with van der Waals surface area (Å²) in [4.78, 5) is 6.25. The molecule has 0 aliphatic carbocycles. The SMILES string of the molecule is [N-]=[N+]=N.[N-]=[N+]=[N-].[N-]=[N+]=[N-].[N-]=[N+]=[N-].[TeH2]. The Hall–Kier alpha value is -1.97. The van der Waals surface area contributed by atoms with Crippen molar-refractivity contribution in [2.75, 3.05) is 0 Å². The van der Waals surface area contributed by atoms with E-state index in [0.717, 1.165) is 0 Å². The average molecular weight is 299 g/mol. The molecule has 12 nitrogen and oxygen atoms in total. The monoisotopic (exact) mass is 301 g/mol.